The van der Waals surface area contributed by atoms with Crippen LogP contribution in [-0.2, 0) is 24.2 Å². The number of imidazole rings is 1. The summed E-state index contributed by atoms with van der Waals surface area (Å²) in [6, 6.07) is 12.2. The zero-order chi connectivity index (χ0) is 15.8. The van der Waals surface area contributed by atoms with Crippen molar-refractivity contribution >= 4 is 27.5 Å². The average molecular weight is 370 g/mol. The Labute approximate surface area is 142 Å². The van der Waals surface area contributed by atoms with Gasteiger partial charge in [0.1, 0.15) is 5.65 Å². The predicted octanol–water partition coefficient (Wildman–Crippen LogP) is 3.22. The van der Waals surface area contributed by atoms with E-state index in [-0.39, 0.29) is 5.91 Å². The third-order valence-electron chi connectivity index (χ3n) is 4.28. The van der Waals surface area contributed by atoms with Crippen LogP contribution in [0.15, 0.2) is 53.3 Å². The molecular weight excluding hydrogens is 354 g/mol. The van der Waals surface area contributed by atoms with E-state index in [0.717, 1.165) is 28.8 Å². The van der Waals surface area contributed by atoms with Gasteiger partial charge in [-0.25, -0.2) is 4.98 Å². The molecular formula is C18H16BrN3O. The van der Waals surface area contributed by atoms with Gasteiger partial charge in [-0.05, 0) is 45.6 Å². The second-order valence-electron chi connectivity index (χ2n) is 5.86. The Kier molecular flexibility index (Phi) is 3.65. The molecule has 3 heterocycles. The summed E-state index contributed by atoms with van der Waals surface area (Å²) in [6.07, 6.45) is 5.16. The molecule has 1 aliphatic rings. The van der Waals surface area contributed by atoms with Crippen LogP contribution in [0.1, 0.15) is 16.8 Å². The zero-order valence-corrected chi connectivity index (χ0v) is 14.2. The van der Waals surface area contributed by atoms with Crippen LogP contribution >= 0.6 is 15.9 Å². The van der Waals surface area contributed by atoms with E-state index in [9.17, 15) is 4.79 Å². The van der Waals surface area contributed by atoms with Gasteiger partial charge in [0, 0.05) is 30.0 Å². The summed E-state index contributed by atoms with van der Waals surface area (Å²) in [5.74, 6) is 0.141. The Morgan fingerprint density at radius 2 is 1.96 bits per heavy atom. The van der Waals surface area contributed by atoms with Crippen molar-refractivity contribution in [2.45, 2.75) is 19.4 Å². The quantitative estimate of drug-likeness (QED) is 0.695. The number of aromatic nitrogens is 2. The van der Waals surface area contributed by atoms with Gasteiger partial charge < -0.3 is 9.30 Å². The van der Waals surface area contributed by atoms with Crippen LogP contribution in [0.4, 0.5) is 0 Å². The van der Waals surface area contributed by atoms with Gasteiger partial charge in [-0.15, -0.1) is 0 Å². The van der Waals surface area contributed by atoms with Crippen molar-refractivity contribution in [3.8, 4) is 0 Å². The van der Waals surface area contributed by atoms with Crippen molar-refractivity contribution in [2.75, 3.05) is 6.54 Å². The zero-order valence-electron chi connectivity index (χ0n) is 12.6. The first kappa shape index (κ1) is 14.5. The van der Waals surface area contributed by atoms with E-state index in [4.69, 9.17) is 0 Å². The van der Waals surface area contributed by atoms with Crippen LogP contribution in [0.2, 0.25) is 0 Å². The summed E-state index contributed by atoms with van der Waals surface area (Å²) in [6.45, 7) is 1.49. The summed E-state index contributed by atoms with van der Waals surface area (Å²) in [5.41, 5.74) is 4.28. The molecule has 4 nitrogen and oxygen atoms in total. The lowest BCUT2D eigenvalue weighted by atomic mass is 10.00. The van der Waals surface area contributed by atoms with Gasteiger partial charge in [-0.3, -0.25) is 4.79 Å². The maximum Gasteiger partial charge on any atom is 0.228 e. The van der Waals surface area contributed by atoms with Gasteiger partial charge >= 0.3 is 0 Å². The van der Waals surface area contributed by atoms with Gasteiger partial charge in [0.05, 0.1) is 12.1 Å². The summed E-state index contributed by atoms with van der Waals surface area (Å²) in [7, 11) is 0. The lowest BCUT2D eigenvalue weighted by molar-refractivity contribution is -0.131. The van der Waals surface area contributed by atoms with Crippen molar-refractivity contribution in [1.29, 1.82) is 0 Å². The standard InChI is InChI=1S/C18H16BrN3O/c19-15-5-6-17-20-16(12-22(17)11-15)9-18(23)21-8-7-13-3-1-2-4-14(13)10-21/h1-6,11-12H,7-10H2. The molecule has 3 aromatic rings. The molecule has 0 bridgehead atoms. The molecule has 116 valence electrons. The van der Waals surface area contributed by atoms with Crippen molar-refractivity contribution in [1.82, 2.24) is 14.3 Å². The number of amides is 1. The highest BCUT2D eigenvalue weighted by Crippen LogP contribution is 2.19. The SMILES string of the molecule is O=C(Cc1cn2cc(Br)ccc2n1)N1CCc2ccccc2C1. The Morgan fingerprint density at radius 1 is 1.13 bits per heavy atom. The highest BCUT2D eigenvalue weighted by molar-refractivity contribution is 9.10. The van der Waals surface area contributed by atoms with Crippen molar-refractivity contribution in [3.05, 3.63) is 70.1 Å². The van der Waals surface area contributed by atoms with Crippen LogP contribution in [0.5, 0.6) is 0 Å². The molecule has 0 fully saturated rings. The van der Waals surface area contributed by atoms with E-state index in [0.29, 0.717) is 13.0 Å². The molecule has 0 aliphatic carbocycles. The molecule has 0 atom stereocenters. The van der Waals surface area contributed by atoms with E-state index in [1.807, 2.05) is 39.9 Å². The van der Waals surface area contributed by atoms with Crippen LogP contribution in [0.25, 0.3) is 5.65 Å². The Hall–Kier alpha value is -2.14. The fourth-order valence-electron chi connectivity index (χ4n) is 3.08. The number of fused-ring (bicyclic) bond motifs is 2. The third kappa shape index (κ3) is 2.88. The average Bonchev–Trinajstić information content (AvgIpc) is 2.95. The first-order valence-electron chi connectivity index (χ1n) is 7.67. The third-order valence-corrected chi connectivity index (χ3v) is 4.75. The number of pyridine rings is 1. The molecule has 0 radical (unpaired) electrons. The number of halogens is 1. The number of carbonyl (C=O) groups is 1. The molecule has 2 aromatic heterocycles. The van der Waals surface area contributed by atoms with Crippen molar-refractivity contribution in [3.63, 3.8) is 0 Å². The monoisotopic (exact) mass is 369 g/mol. The molecule has 0 spiro atoms. The second kappa shape index (κ2) is 5.81. The lowest BCUT2D eigenvalue weighted by Crippen LogP contribution is -2.36. The number of benzene rings is 1. The highest BCUT2D eigenvalue weighted by Gasteiger charge is 2.21. The molecule has 5 heteroatoms. The molecule has 4 rings (SSSR count). The smallest absolute Gasteiger partial charge is 0.228 e. The van der Waals surface area contributed by atoms with Crippen LogP contribution < -0.4 is 0 Å². The minimum Gasteiger partial charge on any atom is -0.338 e. The summed E-state index contributed by atoms with van der Waals surface area (Å²) >= 11 is 3.45. The second-order valence-corrected chi connectivity index (χ2v) is 6.77. The van der Waals surface area contributed by atoms with Gasteiger partial charge in [0.25, 0.3) is 0 Å². The molecule has 0 saturated carbocycles. The van der Waals surface area contributed by atoms with E-state index < -0.39 is 0 Å². The Morgan fingerprint density at radius 3 is 2.83 bits per heavy atom. The Balaban J connectivity index is 1.51. The van der Waals surface area contributed by atoms with Gasteiger partial charge in [0.2, 0.25) is 5.91 Å². The van der Waals surface area contributed by atoms with Gasteiger partial charge in [-0.2, -0.15) is 0 Å². The fraction of sp³-hybridized carbons (Fsp3) is 0.222. The van der Waals surface area contributed by atoms with Crippen LogP contribution in [0, 0.1) is 0 Å². The molecule has 1 amide bonds. The van der Waals surface area contributed by atoms with Gasteiger partial charge in [-0.1, -0.05) is 24.3 Å². The lowest BCUT2D eigenvalue weighted by Gasteiger charge is -2.28. The summed E-state index contributed by atoms with van der Waals surface area (Å²) in [4.78, 5) is 19.0. The maximum absolute atomic E-state index is 12.6. The molecule has 1 aliphatic heterocycles. The number of rotatable bonds is 2. The minimum atomic E-state index is 0.141. The number of hydrogen-bond acceptors (Lipinski definition) is 2. The highest BCUT2D eigenvalue weighted by atomic mass is 79.9. The molecule has 1 aromatic carbocycles. The van der Waals surface area contributed by atoms with E-state index >= 15 is 0 Å². The first-order valence-corrected chi connectivity index (χ1v) is 8.46. The maximum atomic E-state index is 12.6. The number of nitrogens with zero attached hydrogens (tertiary/aromatic N) is 3. The van der Waals surface area contributed by atoms with Gasteiger partial charge in [0.15, 0.2) is 0 Å². The first-order chi connectivity index (χ1) is 11.2. The fourth-order valence-corrected chi connectivity index (χ4v) is 3.43. The molecule has 0 unspecified atom stereocenters. The Bertz CT molecular complexity index is 887. The van der Waals surface area contributed by atoms with Crippen molar-refractivity contribution < 1.29 is 4.79 Å². The largest absolute Gasteiger partial charge is 0.338 e. The summed E-state index contributed by atoms with van der Waals surface area (Å²) < 4.78 is 2.94. The van der Waals surface area contributed by atoms with Crippen molar-refractivity contribution in [2.24, 2.45) is 0 Å². The van der Waals surface area contributed by atoms with E-state index in [1.165, 1.54) is 11.1 Å². The number of carbonyl (C=O) groups excluding carboxylic acids is 1. The molecule has 0 saturated heterocycles. The normalized spacial score (nSPS) is 14.0. The topological polar surface area (TPSA) is 37.6 Å². The van der Waals surface area contributed by atoms with E-state index in [2.05, 4.69) is 39.1 Å². The van der Waals surface area contributed by atoms with Crippen LogP contribution in [-0.4, -0.2) is 26.7 Å². The van der Waals surface area contributed by atoms with E-state index in [1.54, 1.807) is 0 Å². The number of hydrogen-bond donors (Lipinski definition) is 0. The molecule has 0 N–H and O–H groups in total. The summed E-state index contributed by atoms with van der Waals surface area (Å²) in [5, 5.41) is 0. The predicted molar refractivity (Wildman–Crippen MR) is 92.2 cm³/mol. The molecule has 23 heavy (non-hydrogen) atoms. The van der Waals surface area contributed by atoms with Crippen LogP contribution in [0.3, 0.4) is 0 Å². The minimum absolute atomic E-state index is 0.141.